The molecular formula is C13H16N2O. The smallest absolute Gasteiger partial charge is 0.303 e. The second-order valence-electron chi connectivity index (χ2n) is 3.92. The molecule has 16 heavy (non-hydrogen) atoms. The van der Waals surface area contributed by atoms with Crippen molar-refractivity contribution >= 4 is 5.91 Å². The molecule has 0 saturated carbocycles. The number of nitrogens with zero attached hydrogens (tertiary/aromatic N) is 2. The average Bonchev–Trinajstić information content (AvgIpc) is 2.27. The van der Waals surface area contributed by atoms with Crippen LogP contribution < -0.4 is 0 Å². The Bertz CT molecular complexity index is 379. The van der Waals surface area contributed by atoms with E-state index in [2.05, 4.69) is 4.85 Å². The first-order valence-corrected chi connectivity index (χ1v) is 5.31. The zero-order valence-corrected chi connectivity index (χ0v) is 9.68. The number of hydrogen-bond acceptors (Lipinski definition) is 1. The Labute approximate surface area is 96.5 Å². The van der Waals surface area contributed by atoms with Crippen molar-refractivity contribution in [2.24, 2.45) is 0 Å². The van der Waals surface area contributed by atoms with E-state index in [9.17, 15) is 4.79 Å². The van der Waals surface area contributed by atoms with E-state index in [-0.39, 0.29) is 18.5 Å². The molecule has 3 heteroatoms. The number of carbonyl (C=O) groups is 1. The van der Waals surface area contributed by atoms with Crippen molar-refractivity contribution in [3.63, 3.8) is 0 Å². The van der Waals surface area contributed by atoms with Crippen molar-refractivity contribution in [3.05, 3.63) is 47.3 Å². The van der Waals surface area contributed by atoms with Crippen LogP contribution in [0.2, 0.25) is 0 Å². The molecule has 1 aromatic carbocycles. The van der Waals surface area contributed by atoms with Crippen molar-refractivity contribution in [1.82, 2.24) is 4.90 Å². The van der Waals surface area contributed by atoms with Crippen molar-refractivity contribution in [3.8, 4) is 0 Å². The Kier molecular flexibility index (Phi) is 4.53. The van der Waals surface area contributed by atoms with Crippen molar-refractivity contribution in [2.75, 3.05) is 6.54 Å². The van der Waals surface area contributed by atoms with Gasteiger partial charge < -0.3 is 9.74 Å². The minimum atomic E-state index is -0.103. The van der Waals surface area contributed by atoms with Gasteiger partial charge in [0.05, 0.1) is 0 Å². The van der Waals surface area contributed by atoms with Gasteiger partial charge in [0.1, 0.15) is 0 Å². The lowest BCUT2D eigenvalue weighted by atomic mass is 10.2. The predicted octanol–water partition coefficient (Wildman–Crippen LogP) is 2.34. The lowest BCUT2D eigenvalue weighted by Crippen LogP contribution is -2.37. The topological polar surface area (TPSA) is 24.7 Å². The minimum absolute atomic E-state index is 0.0645. The second kappa shape index (κ2) is 5.92. The first kappa shape index (κ1) is 12.3. The largest absolute Gasteiger partial charge is 0.330 e. The van der Waals surface area contributed by atoms with Crippen LogP contribution in [0.4, 0.5) is 0 Å². The van der Waals surface area contributed by atoms with Crippen LogP contribution in [0, 0.1) is 6.57 Å². The van der Waals surface area contributed by atoms with Gasteiger partial charge in [0.25, 0.3) is 6.54 Å². The third-order valence-corrected chi connectivity index (χ3v) is 2.35. The highest BCUT2D eigenvalue weighted by molar-refractivity contribution is 5.79. The van der Waals surface area contributed by atoms with Gasteiger partial charge in [-0.05, 0) is 19.4 Å². The maximum absolute atomic E-state index is 11.7. The van der Waals surface area contributed by atoms with Crippen molar-refractivity contribution < 1.29 is 4.79 Å². The van der Waals surface area contributed by atoms with Crippen molar-refractivity contribution in [2.45, 2.75) is 26.4 Å². The molecule has 1 rings (SSSR count). The fourth-order valence-corrected chi connectivity index (χ4v) is 1.50. The molecule has 0 aromatic heterocycles. The molecular weight excluding hydrogens is 200 g/mol. The van der Waals surface area contributed by atoms with Crippen LogP contribution >= 0.6 is 0 Å². The van der Waals surface area contributed by atoms with Gasteiger partial charge in [-0.15, -0.1) is 0 Å². The van der Waals surface area contributed by atoms with Crippen LogP contribution in [0.3, 0.4) is 0 Å². The van der Waals surface area contributed by atoms with Gasteiger partial charge in [-0.3, -0.25) is 4.79 Å². The first-order valence-electron chi connectivity index (χ1n) is 5.31. The molecule has 0 N–H and O–H groups in total. The predicted molar refractivity (Wildman–Crippen MR) is 63.6 cm³/mol. The summed E-state index contributed by atoms with van der Waals surface area (Å²) in [7, 11) is 0. The lowest BCUT2D eigenvalue weighted by Gasteiger charge is -2.24. The average molecular weight is 216 g/mol. The summed E-state index contributed by atoms with van der Waals surface area (Å²) < 4.78 is 0. The first-order chi connectivity index (χ1) is 7.65. The summed E-state index contributed by atoms with van der Waals surface area (Å²) in [4.78, 5) is 16.6. The van der Waals surface area contributed by atoms with Crippen LogP contribution in [0.1, 0.15) is 19.4 Å². The molecule has 0 unspecified atom stereocenters. The molecule has 0 heterocycles. The maximum Gasteiger partial charge on any atom is 0.303 e. The molecule has 1 amide bonds. The molecule has 0 spiro atoms. The van der Waals surface area contributed by atoms with Crippen LogP contribution in [0.25, 0.3) is 4.85 Å². The minimum Gasteiger partial charge on any atom is -0.330 e. The summed E-state index contributed by atoms with van der Waals surface area (Å²) in [6.45, 7) is 11.2. The highest BCUT2D eigenvalue weighted by Gasteiger charge is 2.18. The summed E-state index contributed by atoms with van der Waals surface area (Å²) in [6, 6.07) is 9.94. The van der Waals surface area contributed by atoms with Gasteiger partial charge in [0.2, 0.25) is 0 Å². The Morgan fingerprint density at radius 2 is 2.00 bits per heavy atom. The van der Waals surface area contributed by atoms with Gasteiger partial charge >= 0.3 is 5.91 Å². The van der Waals surface area contributed by atoms with E-state index >= 15 is 0 Å². The lowest BCUT2D eigenvalue weighted by molar-refractivity contribution is -0.131. The maximum atomic E-state index is 11.7. The third kappa shape index (κ3) is 3.39. The standard InChI is InChI=1S/C13H16N2O/c1-11(2)15(13(16)9-14-3)10-12-7-5-4-6-8-12/h4-8,11H,9-10H2,1-2H3. The van der Waals surface area contributed by atoms with Crippen LogP contribution in [-0.2, 0) is 11.3 Å². The summed E-state index contributed by atoms with van der Waals surface area (Å²) in [5, 5.41) is 0. The fourth-order valence-electron chi connectivity index (χ4n) is 1.50. The van der Waals surface area contributed by atoms with Crippen LogP contribution in [0.5, 0.6) is 0 Å². The normalized spacial score (nSPS) is 9.88. The molecule has 0 bridgehead atoms. The zero-order chi connectivity index (χ0) is 12.0. The van der Waals surface area contributed by atoms with E-state index in [1.807, 2.05) is 44.2 Å². The molecule has 0 aliphatic rings. The monoisotopic (exact) mass is 216 g/mol. The Hall–Kier alpha value is -1.82. The van der Waals surface area contributed by atoms with Gasteiger partial charge in [0.15, 0.2) is 0 Å². The van der Waals surface area contributed by atoms with Gasteiger partial charge in [-0.2, -0.15) is 0 Å². The number of carbonyl (C=O) groups excluding carboxylic acids is 1. The van der Waals surface area contributed by atoms with E-state index in [1.54, 1.807) is 4.90 Å². The Balaban J connectivity index is 2.73. The van der Waals surface area contributed by atoms with Crippen LogP contribution in [-0.4, -0.2) is 23.4 Å². The summed E-state index contributed by atoms with van der Waals surface area (Å²) in [6.07, 6.45) is 0. The van der Waals surface area contributed by atoms with E-state index < -0.39 is 0 Å². The molecule has 84 valence electrons. The second-order valence-corrected chi connectivity index (χ2v) is 3.92. The number of hydrogen-bond donors (Lipinski definition) is 0. The number of rotatable bonds is 4. The van der Waals surface area contributed by atoms with Crippen molar-refractivity contribution in [1.29, 1.82) is 0 Å². The highest BCUT2D eigenvalue weighted by Crippen LogP contribution is 2.08. The SMILES string of the molecule is [C-]#[N+]CC(=O)N(Cc1ccccc1)C(C)C. The van der Waals surface area contributed by atoms with E-state index in [1.165, 1.54) is 0 Å². The molecule has 0 aliphatic carbocycles. The molecule has 0 fully saturated rings. The molecule has 1 aromatic rings. The molecule has 0 radical (unpaired) electrons. The van der Waals surface area contributed by atoms with Crippen LogP contribution in [0.15, 0.2) is 30.3 Å². The van der Waals surface area contributed by atoms with Gasteiger partial charge in [0, 0.05) is 12.6 Å². The quantitative estimate of drug-likeness (QED) is 0.709. The van der Waals surface area contributed by atoms with E-state index in [4.69, 9.17) is 6.57 Å². The number of amides is 1. The zero-order valence-electron chi connectivity index (χ0n) is 9.68. The third-order valence-electron chi connectivity index (χ3n) is 2.35. The summed E-state index contributed by atoms with van der Waals surface area (Å²) in [5.74, 6) is -0.103. The highest BCUT2D eigenvalue weighted by atomic mass is 16.2. The Morgan fingerprint density at radius 3 is 2.50 bits per heavy atom. The summed E-state index contributed by atoms with van der Waals surface area (Å²) >= 11 is 0. The summed E-state index contributed by atoms with van der Waals surface area (Å²) in [5.41, 5.74) is 1.09. The molecule has 0 aliphatic heterocycles. The fraction of sp³-hybridized carbons (Fsp3) is 0.385. The Morgan fingerprint density at radius 1 is 1.38 bits per heavy atom. The van der Waals surface area contributed by atoms with E-state index in [0.717, 1.165) is 5.56 Å². The molecule has 0 atom stereocenters. The molecule has 3 nitrogen and oxygen atoms in total. The van der Waals surface area contributed by atoms with Gasteiger partial charge in [-0.1, -0.05) is 30.3 Å². The van der Waals surface area contributed by atoms with E-state index in [0.29, 0.717) is 6.54 Å². The number of benzene rings is 1. The molecule has 0 saturated heterocycles. The van der Waals surface area contributed by atoms with Gasteiger partial charge in [-0.25, -0.2) is 6.57 Å².